The molecule has 2 N–H and O–H groups in total. The van der Waals surface area contributed by atoms with Gasteiger partial charge < -0.3 is 15.2 Å². The van der Waals surface area contributed by atoms with Crippen molar-refractivity contribution < 1.29 is 27.5 Å². The van der Waals surface area contributed by atoms with Crippen LogP contribution in [0.5, 0.6) is 11.5 Å². The number of primary amides is 1. The van der Waals surface area contributed by atoms with Crippen LogP contribution >= 0.6 is 0 Å². The van der Waals surface area contributed by atoms with Crippen molar-refractivity contribution in [1.82, 2.24) is 4.31 Å². The molecular formula is C17H18N2O6S. The van der Waals surface area contributed by atoms with Crippen molar-refractivity contribution in [3.8, 4) is 11.5 Å². The second kappa shape index (κ2) is 7.54. The minimum atomic E-state index is -3.60. The molecule has 2 rings (SSSR count). The van der Waals surface area contributed by atoms with Gasteiger partial charge in [0.15, 0.2) is 0 Å². The standard InChI is InChI=1S/C17H18N2O6S/c1-19(2)26(22,23)13-7-4-11(5-8-13)17(21)25-15-10-12(24-3)6-9-14(15)16(18)20/h4-10H,1-3H3,(H2,18,20). The van der Waals surface area contributed by atoms with E-state index in [1.807, 2.05) is 0 Å². The molecule has 0 atom stereocenters. The van der Waals surface area contributed by atoms with Crippen LogP contribution in [0.3, 0.4) is 0 Å². The monoisotopic (exact) mass is 378 g/mol. The Hall–Kier alpha value is -2.91. The van der Waals surface area contributed by atoms with Crippen LogP contribution in [0.1, 0.15) is 20.7 Å². The number of carbonyl (C=O) groups excluding carboxylic acids is 2. The van der Waals surface area contributed by atoms with Crippen LogP contribution in [-0.2, 0) is 10.0 Å². The molecule has 0 aromatic heterocycles. The highest BCUT2D eigenvalue weighted by atomic mass is 32.2. The predicted molar refractivity (Wildman–Crippen MR) is 93.8 cm³/mol. The summed E-state index contributed by atoms with van der Waals surface area (Å²) in [6, 6.07) is 9.50. The van der Waals surface area contributed by atoms with Gasteiger partial charge in [-0.25, -0.2) is 17.5 Å². The molecule has 26 heavy (non-hydrogen) atoms. The first-order valence-corrected chi connectivity index (χ1v) is 8.83. The maximum absolute atomic E-state index is 12.3. The summed E-state index contributed by atoms with van der Waals surface area (Å²) in [5, 5.41) is 0. The first kappa shape index (κ1) is 19.4. The molecule has 0 unspecified atom stereocenters. The lowest BCUT2D eigenvalue weighted by atomic mass is 10.1. The number of methoxy groups -OCH3 is 1. The first-order chi connectivity index (χ1) is 12.2. The van der Waals surface area contributed by atoms with Crippen LogP contribution < -0.4 is 15.2 Å². The Balaban J connectivity index is 2.30. The average Bonchev–Trinajstić information content (AvgIpc) is 2.61. The third kappa shape index (κ3) is 4.01. The van der Waals surface area contributed by atoms with Gasteiger partial charge in [-0.05, 0) is 36.4 Å². The zero-order valence-corrected chi connectivity index (χ0v) is 15.2. The Labute approximate surface area is 151 Å². The van der Waals surface area contributed by atoms with Gasteiger partial charge in [-0.2, -0.15) is 0 Å². The maximum atomic E-state index is 12.3. The minimum absolute atomic E-state index is 0.0194. The number of esters is 1. The molecule has 138 valence electrons. The lowest BCUT2D eigenvalue weighted by Gasteiger charge is -2.12. The molecule has 0 aliphatic rings. The fourth-order valence-corrected chi connectivity index (χ4v) is 2.95. The van der Waals surface area contributed by atoms with Crippen LogP contribution in [0.2, 0.25) is 0 Å². The van der Waals surface area contributed by atoms with Gasteiger partial charge in [0.2, 0.25) is 10.0 Å². The molecule has 0 spiro atoms. The van der Waals surface area contributed by atoms with E-state index in [1.165, 1.54) is 63.7 Å². The summed E-state index contributed by atoms with van der Waals surface area (Å²) in [7, 11) is 0.640. The quantitative estimate of drug-likeness (QED) is 0.598. The summed E-state index contributed by atoms with van der Waals surface area (Å²) < 4.78 is 35.4. The van der Waals surface area contributed by atoms with E-state index in [1.54, 1.807) is 0 Å². The van der Waals surface area contributed by atoms with Crippen LogP contribution in [0.25, 0.3) is 0 Å². The number of nitrogens with zero attached hydrogens (tertiary/aromatic N) is 1. The van der Waals surface area contributed by atoms with Crippen molar-refractivity contribution in [2.24, 2.45) is 5.73 Å². The topological polar surface area (TPSA) is 116 Å². The number of hydrogen-bond acceptors (Lipinski definition) is 6. The van der Waals surface area contributed by atoms with Crippen molar-refractivity contribution in [2.75, 3.05) is 21.2 Å². The number of hydrogen-bond donors (Lipinski definition) is 1. The van der Waals surface area contributed by atoms with E-state index >= 15 is 0 Å². The molecule has 0 aliphatic carbocycles. The molecular weight excluding hydrogens is 360 g/mol. The molecule has 8 nitrogen and oxygen atoms in total. The molecule has 0 aliphatic heterocycles. The summed E-state index contributed by atoms with van der Waals surface area (Å²) in [5.41, 5.74) is 5.41. The summed E-state index contributed by atoms with van der Waals surface area (Å²) in [6.45, 7) is 0. The molecule has 9 heteroatoms. The highest BCUT2D eigenvalue weighted by Crippen LogP contribution is 2.25. The van der Waals surface area contributed by atoms with Crippen molar-refractivity contribution in [1.29, 1.82) is 0 Å². The number of carbonyl (C=O) groups is 2. The average molecular weight is 378 g/mol. The molecule has 0 saturated heterocycles. The second-order valence-corrected chi connectivity index (χ2v) is 7.58. The van der Waals surface area contributed by atoms with E-state index < -0.39 is 21.9 Å². The van der Waals surface area contributed by atoms with Gasteiger partial charge in [0.1, 0.15) is 11.5 Å². The minimum Gasteiger partial charge on any atom is -0.497 e. The Bertz CT molecular complexity index is 936. The fourth-order valence-electron chi connectivity index (χ4n) is 2.05. The van der Waals surface area contributed by atoms with E-state index in [-0.39, 0.29) is 21.8 Å². The molecule has 2 aromatic carbocycles. The highest BCUT2D eigenvalue weighted by molar-refractivity contribution is 7.89. The summed E-state index contributed by atoms with van der Waals surface area (Å²) >= 11 is 0. The first-order valence-electron chi connectivity index (χ1n) is 7.39. The Morgan fingerprint density at radius 1 is 1.04 bits per heavy atom. The number of rotatable bonds is 6. The van der Waals surface area contributed by atoms with Gasteiger partial charge in [0, 0.05) is 20.2 Å². The normalized spacial score (nSPS) is 11.2. The van der Waals surface area contributed by atoms with Crippen molar-refractivity contribution in [2.45, 2.75) is 4.90 Å². The smallest absolute Gasteiger partial charge is 0.343 e. The molecule has 0 heterocycles. The summed E-state index contributed by atoms with van der Waals surface area (Å²) in [6.07, 6.45) is 0. The van der Waals surface area contributed by atoms with Gasteiger partial charge in [-0.1, -0.05) is 0 Å². The van der Waals surface area contributed by atoms with Crippen molar-refractivity contribution in [3.63, 3.8) is 0 Å². The zero-order chi connectivity index (χ0) is 19.5. The molecule has 0 bridgehead atoms. The van der Waals surface area contributed by atoms with Crippen molar-refractivity contribution >= 4 is 21.9 Å². The third-order valence-electron chi connectivity index (χ3n) is 3.53. The lowest BCUT2D eigenvalue weighted by molar-refractivity contribution is 0.0732. The summed E-state index contributed by atoms with van der Waals surface area (Å²) in [5.74, 6) is -1.20. The van der Waals surface area contributed by atoms with E-state index in [9.17, 15) is 18.0 Å². The number of nitrogens with two attached hydrogens (primary N) is 1. The van der Waals surface area contributed by atoms with E-state index in [0.29, 0.717) is 5.75 Å². The highest BCUT2D eigenvalue weighted by Gasteiger charge is 2.19. The van der Waals surface area contributed by atoms with Crippen LogP contribution in [-0.4, -0.2) is 45.8 Å². The molecule has 0 radical (unpaired) electrons. The van der Waals surface area contributed by atoms with Gasteiger partial charge in [-0.15, -0.1) is 0 Å². The molecule has 1 amide bonds. The van der Waals surface area contributed by atoms with Crippen LogP contribution in [0, 0.1) is 0 Å². The second-order valence-electron chi connectivity index (χ2n) is 5.43. The third-order valence-corrected chi connectivity index (χ3v) is 5.35. The lowest BCUT2D eigenvalue weighted by Crippen LogP contribution is -2.22. The van der Waals surface area contributed by atoms with Gasteiger partial charge in [0.25, 0.3) is 5.91 Å². The largest absolute Gasteiger partial charge is 0.497 e. The molecule has 0 fully saturated rings. The molecule has 0 saturated carbocycles. The number of benzene rings is 2. The maximum Gasteiger partial charge on any atom is 0.343 e. The van der Waals surface area contributed by atoms with Crippen molar-refractivity contribution in [3.05, 3.63) is 53.6 Å². The summed E-state index contributed by atoms with van der Waals surface area (Å²) in [4.78, 5) is 23.8. The van der Waals surface area contributed by atoms with E-state index in [0.717, 1.165) is 4.31 Å². The molecule has 2 aromatic rings. The predicted octanol–water partition coefficient (Wildman–Crippen LogP) is 1.26. The van der Waals surface area contributed by atoms with E-state index in [4.69, 9.17) is 15.2 Å². The van der Waals surface area contributed by atoms with Gasteiger partial charge in [0.05, 0.1) is 23.1 Å². The zero-order valence-electron chi connectivity index (χ0n) is 14.4. The van der Waals surface area contributed by atoms with Gasteiger partial charge in [-0.3, -0.25) is 4.79 Å². The SMILES string of the molecule is COc1ccc(C(N)=O)c(OC(=O)c2ccc(S(=O)(=O)N(C)C)cc2)c1. The van der Waals surface area contributed by atoms with Crippen LogP contribution in [0.4, 0.5) is 0 Å². The number of ether oxygens (including phenoxy) is 2. The Morgan fingerprint density at radius 3 is 2.15 bits per heavy atom. The van der Waals surface area contributed by atoms with E-state index in [2.05, 4.69) is 0 Å². The number of amides is 1. The van der Waals surface area contributed by atoms with Crippen LogP contribution in [0.15, 0.2) is 47.4 Å². The fraction of sp³-hybridized carbons (Fsp3) is 0.176. The number of sulfonamides is 1. The Kier molecular flexibility index (Phi) is 5.63. The van der Waals surface area contributed by atoms with Gasteiger partial charge >= 0.3 is 5.97 Å². The Morgan fingerprint density at radius 2 is 1.65 bits per heavy atom.